The largest absolute Gasteiger partial charge is 0.493 e. The summed E-state index contributed by atoms with van der Waals surface area (Å²) in [6, 6.07) is 8.31. The summed E-state index contributed by atoms with van der Waals surface area (Å²) in [6.45, 7) is 9.59. The number of aromatic amines is 1. The van der Waals surface area contributed by atoms with Crippen LogP contribution in [0.25, 0.3) is 0 Å². The van der Waals surface area contributed by atoms with E-state index in [-0.39, 0.29) is 0 Å². The highest BCUT2D eigenvalue weighted by Gasteiger charge is 2.16. The number of rotatable bonds is 9. The van der Waals surface area contributed by atoms with Crippen molar-refractivity contribution in [3.63, 3.8) is 0 Å². The Morgan fingerprint density at radius 2 is 2.00 bits per heavy atom. The average molecular weight is 367 g/mol. The number of nitrogens with one attached hydrogen (secondary N) is 1. The molecule has 2 aromatic rings. The number of thioether (sulfide) groups is 1. The number of hydrogen-bond acceptors (Lipinski definition) is 5. The van der Waals surface area contributed by atoms with Gasteiger partial charge in [-0.05, 0) is 35.7 Å². The molecule has 0 spiro atoms. The number of nitrogens with zero attached hydrogens (tertiary/aromatic N) is 1. The zero-order chi connectivity index (χ0) is 17.5. The van der Waals surface area contributed by atoms with Crippen LogP contribution in [0.15, 0.2) is 28.7 Å². The lowest BCUT2D eigenvalue weighted by Gasteiger charge is -2.22. The molecule has 0 amide bonds. The first-order valence-electron chi connectivity index (χ1n) is 8.31. The Labute approximate surface area is 153 Å². The van der Waals surface area contributed by atoms with E-state index in [9.17, 15) is 0 Å². The van der Waals surface area contributed by atoms with E-state index in [4.69, 9.17) is 21.4 Å². The number of benzene rings is 1. The van der Waals surface area contributed by atoms with Crippen molar-refractivity contribution >= 4 is 24.0 Å². The summed E-state index contributed by atoms with van der Waals surface area (Å²) in [5.74, 6) is 4.85. The maximum absolute atomic E-state index is 6.15. The van der Waals surface area contributed by atoms with Crippen LogP contribution in [0.3, 0.4) is 0 Å². The Kier molecular flexibility index (Phi) is 7.37. The van der Waals surface area contributed by atoms with Gasteiger partial charge in [0.25, 0.3) is 4.84 Å². The first kappa shape index (κ1) is 19.1. The molecular weight excluding hydrogens is 340 g/mol. The molecular formula is C18H26N2O2S2. The van der Waals surface area contributed by atoms with Crippen LogP contribution in [0.5, 0.6) is 5.75 Å². The van der Waals surface area contributed by atoms with Gasteiger partial charge in [-0.1, -0.05) is 45.9 Å². The lowest BCUT2D eigenvalue weighted by Crippen LogP contribution is -2.21. The summed E-state index contributed by atoms with van der Waals surface area (Å²) in [7, 11) is 0. The van der Waals surface area contributed by atoms with Gasteiger partial charge in [-0.25, -0.2) is 5.10 Å². The van der Waals surface area contributed by atoms with Crippen molar-refractivity contribution in [1.82, 2.24) is 10.2 Å². The molecule has 1 unspecified atom stereocenters. The topological polar surface area (TPSA) is 51.0 Å². The Balaban J connectivity index is 1.88. The molecule has 1 atom stereocenters. The van der Waals surface area contributed by atoms with E-state index in [2.05, 4.69) is 56.1 Å². The van der Waals surface area contributed by atoms with Crippen LogP contribution in [-0.4, -0.2) is 22.6 Å². The van der Waals surface area contributed by atoms with Crippen LogP contribution in [0, 0.1) is 16.7 Å². The molecule has 0 aliphatic heterocycles. The summed E-state index contributed by atoms with van der Waals surface area (Å²) >= 11 is 6.69. The molecule has 0 fully saturated rings. The van der Waals surface area contributed by atoms with Crippen LogP contribution in [0.4, 0.5) is 0 Å². The SMILES string of the molecule is CC(C)c1ccccc1OCC(CSCc1n[nH]c(=S)o1)C(C)C. The average Bonchev–Trinajstić information content (AvgIpc) is 2.96. The van der Waals surface area contributed by atoms with E-state index < -0.39 is 0 Å². The fourth-order valence-electron chi connectivity index (χ4n) is 2.34. The van der Waals surface area contributed by atoms with Crippen molar-refractivity contribution in [2.75, 3.05) is 12.4 Å². The van der Waals surface area contributed by atoms with Gasteiger partial charge in [0.15, 0.2) is 0 Å². The smallest absolute Gasteiger partial charge is 0.284 e. The number of para-hydroxylation sites is 1. The van der Waals surface area contributed by atoms with Gasteiger partial charge in [-0.15, -0.1) is 5.10 Å². The maximum Gasteiger partial charge on any atom is 0.284 e. The van der Waals surface area contributed by atoms with Gasteiger partial charge >= 0.3 is 0 Å². The minimum absolute atomic E-state index is 0.333. The highest BCUT2D eigenvalue weighted by Crippen LogP contribution is 2.28. The third kappa shape index (κ3) is 5.67. The van der Waals surface area contributed by atoms with E-state index >= 15 is 0 Å². The van der Waals surface area contributed by atoms with Gasteiger partial charge in [0.05, 0.1) is 12.4 Å². The minimum Gasteiger partial charge on any atom is -0.493 e. The van der Waals surface area contributed by atoms with E-state index in [1.807, 2.05) is 6.07 Å². The molecule has 1 aromatic carbocycles. The van der Waals surface area contributed by atoms with Gasteiger partial charge in [-0.2, -0.15) is 11.8 Å². The van der Waals surface area contributed by atoms with Gasteiger partial charge in [0.1, 0.15) is 5.75 Å². The molecule has 4 nitrogen and oxygen atoms in total. The Morgan fingerprint density at radius 1 is 1.25 bits per heavy atom. The highest BCUT2D eigenvalue weighted by atomic mass is 32.2. The quantitative estimate of drug-likeness (QED) is 0.599. The predicted octanol–water partition coefficient (Wildman–Crippen LogP) is 5.44. The van der Waals surface area contributed by atoms with E-state index in [1.165, 1.54) is 5.56 Å². The van der Waals surface area contributed by atoms with Crippen molar-refractivity contribution in [3.05, 3.63) is 40.6 Å². The van der Waals surface area contributed by atoms with Crippen LogP contribution in [-0.2, 0) is 5.75 Å². The van der Waals surface area contributed by atoms with E-state index in [0.717, 1.165) is 23.9 Å². The summed E-state index contributed by atoms with van der Waals surface area (Å²) in [6.07, 6.45) is 0. The third-order valence-corrected chi connectivity index (χ3v) is 5.27. The number of aromatic nitrogens is 2. The van der Waals surface area contributed by atoms with Crippen molar-refractivity contribution in [2.45, 2.75) is 39.4 Å². The van der Waals surface area contributed by atoms with Crippen LogP contribution >= 0.6 is 24.0 Å². The standard InChI is InChI=1S/C18H26N2O2S2/c1-12(2)14(10-24-11-17-19-20-18(23)22-17)9-21-16-8-6-5-7-15(16)13(3)4/h5-8,12-14H,9-11H2,1-4H3,(H,20,23). The zero-order valence-corrected chi connectivity index (χ0v) is 16.4. The Hall–Kier alpha value is -1.27. The van der Waals surface area contributed by atoms with Crippen LogP contribution < -0.4 is 4.74 Å². The van der Waals surface area contributed by atoms with Crippen LogP contribution in [0.1, 0.15) is 45.1 Å². The monoisotopic (exact) mass is 366 g/mol. The fourth-order valence-corrected chi connectivity index (χ4v) is 3.68. The molecule has 0 aliphatic carbocycles. The molecule has 1 heterocycles. The minimum atomic E-state index is 0.333. The second-order valence-corrected chi connectivity index (χ2v) is 7.93. The van der Waals surface area contributed by atoms with Crippen LogP contribution in [0.2, 0.25) is 0 Å². The first-order valence-corrected chi connectivity index (χ1v) is 9.87. The lowest BCUT2D eigenvalue weighted by atomic mass is 9.98. The Bertz CT molecular complexity index is 679. The third-order valence-electron chi connectivity index (χ3n) is 3.98. The molecule has 0 bridgehead atoms. The highest BCUT2D eigenvalue weighted by molar-refractivity contribution is 7.98. The molecule has 6 heteroatoms. The molecule has 2 rings (SSSR count). The summed E-state index contributed by atoms with van der Waals surface area (Å²) in [5, 5.41) is 6.69. The van der Waals surface area contributed by atoms with E-state index in [0.29, 0.717) is 28.5 Å². The number of H-pyrrole nitrogens is 1. The van der Waals surface area contributed by atoms with Crippen molar-refractivity contribution < 1.29 is 9.15 Å². The summed E-state index contributed by atoms with van der Waals surface area (Å²) < 4.78 is 11.4. The van der Waals surface area contributed by atoms with E-state index in [1.54, 1.807) is 11.8 Å². The molecule has 132 valence electrons. The lowest BCUT2D eigenvalue weighted by molar-refractivity contribution is 0.224. The zero-order valence-electron chi connectivity index (χ0n) is 14.7. The summed E-state index contributed by atoms with van der Waals surface area (Å²) in [4.78, 5) is 0.333. The first-order chi connectivity index (χ1) is 11.5. The summed E-state index contributed by atoms with van der Waals surface area (Å²) in [5.41, 5.74) is 1.26. The Morgan fingerprint density at radius 3 is 2.62 bits per heavy atom. The predicted molar refractivity (Wildman–Crippen MR) is 102 cm³/mol. The molecule has 0 aliphatic rings. The fraction of sp³-hybridized carbons (Fsp3) is 0.556. The number of ether oxygens (including phenoxy) is 1. The molecule has 0 saturated heterocycles. The molecule has 1 N–H and O–H groups in total. The van der Waals surface area contributed by atoms with Gasteiger partial charge in [0.2, 0.25) is 5.89 Å². The van der Waals surface area contributed by atoms with Gasteiger partial charge in [-0.3, -0.25) is 0 Å². The molecule has 24 heavy (non-hydrogen) atoms. The maximum atomic E-state index is 6.15. The van der Waals surface area contributed by atoms with Gasteiger partial charge in [0, 0.05) is 11.7 Å². The number of hydrogen-bond donors (Lipinski definition) is 1. The molecule has 0 radical (unpaired) electrons. The van der Waals surface area contributed by atoms with Crippen molar-refractivity contribution in [2.24, 2.45) is 11.8 Å². The van der Waals surface area contributed by atoms with Crippen molar-refractivity contribution in [1.29, 1.82) is 0 Å². The molecule has 1 aromatic heterocycles. The van der Waals surface area contributed by atoms with Crippen molar-refractivity contribution in [3.8, 4) is 5.75 Å². The molecule has 0 saturated carbocycles. The van der Waals surface area contributed by atoms with Gasteiger partial charge < -0.3 is 9.15 Å². The second-order valence-electron chi connectivity index (χ2n) is 6.53. The normalized spacial score (nSPS) is 12.8. The second kappa shape index (κ2) is 9.28.